The molecule has 0 aliphatic heterocycles. The van der Waals surface area contributed by atoms with Crippen LogP contribution in [0.15, 0.2) is 53.6 Å². The van der Waals surface area contributed by atoms with Crippen molar-refractivity contribution in [3.8, 4) is 0 Å². The molecule has 1 aromatic heterocycles. The topological polar surface area (TPSA) is 44.9 Å². The van der Waals surface area contributed by atoms with Crippen LogP contribution in [0.4, 0.5) is 5.69 Å². The maximum absolute atomic E-state index is 10.9. The lowest BCUT2D eigenvalue weighted by Crippen LogP contribution is -1.90. The van der Waals surface area contributed by atoms with Crippen LogP contribution in [0, 0.1) is 6.92 Å². The Hall–Kier alpha value is -2.20. The van der Waals surface area contributed by atoms with Crippen LogP contribution in [0.5, 0.6) is 0 Å². The van der Waals surface area contributed by atoms with E-state index in [9.17, 15) is 4.79 Å². The summed E-state index contributed by atoms with van der Waals surface area (Å²) in [5, 5.41) is 1.17. The minimum atomic E-state index is 0.734. The number of aromatic amines is 1. The van der Waals surface area contributed by atoms with Gasteiger partial charge in [-0.05, 0) is 60.8 Å². The summed E-state index contributed by atoms with van der Waals surface area (Å²) in [4.78, 5) is 15.1. The zero-order chi connectivity index (χ0) is 13.9. The number of hydrogen-bond acceptors (Lipinski definition) is 3. The molecular formula is C16H14N2OS. The second-order valence-electron chi connectivity index (χ2n) is 4.62. The quantitative estimate of drug-likeness (QED) is 0.550. The number of carbonyl (C=O) groups excluding carboxylic acids is 1. The Morgan fingerprint density at radius 2 is 2.05 bits per heavy atom. The molecular weight excluding hydrogens is 268 g/mol. The number of benzene rings is 2. The van der Waals surface area contributed by atoms with Crippen LogP contribution in [0.1, 0.15) is 15.9 Å². The van der Waals surface area contributed by atoms with E-state index in [1.807, 2.05) is 49.5 Å². The fourth-order valence-corrected chi connectivity index (χ4v) is 2.73. The molecule has 3 nitrogen and oxygen atoms in total. The van der Waals surface area contributed by atoms with E-state index in [2.05, 4.69) is 15.8 Å². The molecule has 3 rings (SSSR count). The van der Waals surface area contributed by atoms with E-state index in [4.69, 9.17) is 0 Å². The van der Waals surface area contributed by atoms with Crippen LogP contribution >= 0.6 is 11.9 Å². The number of H-pyrrole nitrogens is 1. The summed E-state index contributed by atoms with van der Waals surface area (Å²) in [7, 11) is 0. The summed E-state index contributed by atoms with van der Waals surface area (Å²) in [5.41, 5.74) is 3.89. The Balaban J connectivity index is 1.76. The van der Waals surface area contributed by atoms with Crippen molar-refractivity contribution < 1.29 is 4.79 Å². The highest BCUT2D eigenvalue weighted by molar-refractivity contribution is 8.00. The van der Waals surface area contributed by atoms with Gasteiger partial charge >= 0.3 is 0 Å². The van der Waals surface area contributed by atoms with E-state index in [-0.39, 0.29) is 0 Å². The summed E-state index contributed by atoms with van der Waals surface area (Å²) in [6.45, 7) is 1.94. The predicted molar refractivity (Wildman–Crippen MR) is 84.3 cm³/mol. The molecule has 0 aliphatic rings. The Morgan fingerprint density at radius 3 is 2.90 bits per heavy atom. The highest BCUT2D eigenvalue weighted by Crippen LogP contribution is 2.25. The Bertz CT molecular complexity index is 764. The number of hydrogen-bond donors (Lipinski definition) is 2. The Labute approximate surface area is 121 Å². The standard InChI is InChI=1S/C16H14N2OS/c1-11-2-4-15(9-13(11)10-19)20-18-14-3-5-16-12(8-14)6-7-17-16/h2-10,17-18H,1H3. The summed E-state index contributed by atoms with van der Waals surface area (Å²) < 4.78 is 3.30. The number of aromatic nitrogens is 1. The van der Waals surface area contributed by atoms with Crippen molar-refractivity contribution in [2.75, 3.05) is 4.72 Å². The SMILES string of the molecule is Cc1ccc(SNc2ccc3[nH]ccc3c2)cc1C=O. The van der Waals surface area contributed by atoms with Gasteiger partial charge in [-0.1, -0.05) is 6.07 Å². The van der Waals surface area contributed by atoms with Crippen LogP contribution in [0.25, 0.3) is 10.9 Å². The minimum absolute atomic E-state index is 0.734. The summed E-state index contributed by atoms with van der Waals surface area (Å²) in [6.07, 6.45) is 2.82. The molecule has 0 saturated heterocycles. The summed E-state index contributed by atoms with van der Waals surface area (Å²) in [6, 6.07) is 14.1. The molecule has 0 unspecified atom stereocenters. The van der Waals surface area contributed by atoms with Gasteiger partial charge in [0.05, 0.1) is 0 Å². The third-order valence-corrected chi connectivity index (χ3v) is 4.05. The van der Waals surface area contributed by atoms with Crippen LogP contribution in [0.3, 0.4) is 0 Å². The molecule has 3 aromatic rings. The molecule has 0 fully saturated rings. The lowest BCUT2D eigenvalue weighted by atomic mass is 10.1. The second kappa shape index (κ2) is 5.43. The monoisotopic (exact) mass is 282 g/mol. The molecule has 100 valence electrons. The first kappa shape index (κ1) is 12.8. The smallest absolute Gasteiger partial charge is 0.150 e. The molecule has 0 spiro atoms. The zero-order valence-corrected chi connectivity index (χ0v) is 11.8. The van der Waals surface area contributed by atoms with E-state index in [1.54, 1.807) is 0 Å². The maximum Gasteiger partial charge on any atom is 0.150 e. The average Bonchev–Trinajstić information content (AvgIpc) is 2.94. The number of fused-ring (bicyclic) bond motifs is 1. The number of nitrogens with one attached hydrogen (secondary N) is 2. The van der Waals surface area contributed by atoms with Crippen molar-refractivity contribution in [1.29, 1.82) is 0 Å². The summed E-state index contributed by atoms with van der Waals surface area (Å²) in [5.74, 6) is 0. The normalized spacial score (nSPS) is 10.7. The number of anilines is 1. The highest BCUT2D eigenvalue weighted by Gasteiger charge is 2.01. The molecule has 0 amide bonds. The van der Waals surface area contributed by atoms with Gasteiger partial charge in [0.2, 0.25) is 0 Å². The lowest BCUT2D eigenvalue weighted by molar-refractivity contribution is 0.112. The second-order valence-corrected chi connectivity index (χ2v) is 5.50. The van der Waals surface area contributed by atoms with Crippen LogP contribution in [0.2, 0.25) is 0 Å². The highest BCUT2D eigenvalue weighted by atomic mass is 32.2. The van der Waals surface area contributed by atoms with E-state index < -0.39 is 0 Å². The third kappa shape index (κ3) is 2.56. The van der Waals surface area contributed by atoms with Crippen molar-refractivity contribution in [2.45, 2.75) is 11.8 Å². The van der Waals surface area contributed by atoms with Gasteiger partial charge in [-0.25, -0.2) is 0 Å². The van der Waals surface area contributed by atoms with Crippen LogP contribution < -0.4 is 4.72 Å². The van der Waals surface area contributed by atoms with Crippen LogP contribution in [-0.4, -0.2) is 11.3 Å². The lowest BCUT2D eigenvalue weighted by Gasteiger charge is -2.07. The number of rotatable bonds is 4. The fraction of sp³-hybridized carbons (Fsp3) is 0.0625. The Kier molecular flexibility index (Phi) is 3.48. The van der Waals surface area contributed by atoms with Crippen LogP contribution in [-0.2, 0) is 0 Å². The minimum Gasteiger partial charge on any atom is -0.361 e. The summed E-state index contributed by atoms with van der Waals surface area (Å²) >= 11 is 1.50. The van der Waals surface area contributed by atoms with E-state index in [0.29, 0.717) is 0 Å². The predicted octanol–water partition coefficient (Wildman–Crippen LogP) is 4.41. The van der Waals surface area contributed by atoms with Crippen molar-refractivity contribution in [2.24, 2.45) is 0 Å². The van der Waals surface area contributed by atoms with Gasteiger partial charge < -0.3 is 9.71 Å². The molecule has 0 atom stereocenters. The zero-order valence-electron chi connectivity index (χ0n) is 11.0. The van der Waals surface area contributed by atoms with Gasteiger partial charge in [-0.3, -0.25) is 4.79 Å². The maximum atomic E-state index is 10.9. The van der Waals surface area contributed by atoms with Crippen molar-refractivity contribution in [1.82, 2.24) is 4.98 Å². The molecule has 1 heterocycles. The third-order valence-electron chi connectivity index (χ3n) is 3.22. The number of aryl methyl sites for hydroxylation is 1. The van der Waals surface area contributed by atoms with Gasteiger partial charge in [0, 0.05) is 33.2 Å². The molecule has 20 heavy (non-hydrogen) atoms. The van der Waals surface area contributed by atoms with E-state index >= 15 is 0 Å². The molecule has 4 heteroatoms. The first-order valence-corrected chi connectivity index (χ1v) is 7.14. The van der Waals surface area contributed by atoms with Gasteiger partial charge in [0.15, 0.2) is 0 Å². The van der Waals surface area contributed by atoms with Gasteiger partial charge in [0.25, 0.3) is 0 Å². The van der Waals surface area contributed by atoms with E-state index in [0.717, 1.165) is 33.5 Å². The van der Waals surface area contributed by atoms with Crippen molar-refractivity contribution in [3.63, 3.8) is 0 Å². The molecule has 0 aliphatic carbocycles. The largest absolute Gasteiger partial charge is 0.361 e. The van der Waals surface area contributed by atoms with Gasteiger partial charge in [-0.2, -0.15) is 0 Å². The molecule has 0 radical (unpaired) electrons. The Morgan fingerprint density at radius 1 is 1.15 bits per heavy atom. The average molecular weight is 282 g/mol. The first-order chi connectivity index (χ1) is 9.76. The van der Waals surface area contributed by atoms with Crippen molar-refractivity contribution in [3.05, 3.63) is 59.8 Å². The van der Waals surface area contributed by atoms with Gasteiger partial charge in [-0.15, -0.1) is 0 Å². The van der Waals surface area contributed by atoms with Crippen molar-refractivity contribution >= 4 is 34.8 Å². The number of aldehydes is 1. The molecule has 0 bridgehead atoms. The van der Waals surface area contributed by atoms with E-state index in [1.165, 1.54) is 17.3 Å². The fourth-order valence-electron chi connectivity index (χ4n) is 2.04. The van der Waals surface area contributed by atoms with Gasteiger partial charge in [0.1, 0.15) is 6.29 Å². The molecule has 2 aromatic carbocycles. The molecule has 2 N–H and O–H groups in total. The first-order valence-electron chi connectivity index (χ1n) is 6.32. The molecule has 0 saturated carbocycles. The number of carbonyl (C=O) groups is 1.